The maximum atomic E-state index is 13.3. The minimum atomic E-state index is -0.238. The average Bonchev–Trinajstić information content (AvgIpc) is 2.34. The lowest BCUT2D eigenvalue weighted by Crippen LogP contribution is -2.29. The SMILES string of the molecule is Cc1cc(C)cc(CC(NN)c2cccc(F)c2)c1. The summed E-state index contributed by atoms with van der Waals surface area (Å²) in [4.78, 5) is 0. The standard InChI is InChI=1S/C16H19FN2/c1-11-6-12(2)8-13(7-11)9-16(19-18)14-4-3-5-15(17)10-14/h3-8,10,16,19H,9,18H2,1-2H3. The van der Waals surface area contributed by atoms with Crippen LogP contribution in [-0.4, -0.2) is 0 Å². The molecule has 19 heavy (non-hydrogen) atoms. The predicted octanol–water partition coefficient (Wildman–Crippen LogP) is 3.19. The van der Waals surface area contributed by atoms with Gasteiger partial charge in [0.15, 0.2) is 0 Å². The van der Waals surface area contributed by atoms with Gasteiger partial charge in [0.2, 0.25) is 0 Å². The monoisotopic (exact) mass is 258 g/mol. The van der Waals surface area contributed by atoms with Crippen molar-refractivity contribution in [2.45, 2.75) is 26.3 Å². The van der Waals surface area contributed by atoms with Crippen LogP contribution in [-0.2, 0) is 6.42 Å². The van der Waals surface area contributed by atoms with E-state index in [2.05, 4.69) is 37.5 Å². The van der Waals surface area contributed by atoms with Crippen molar-refractivity contribution in [2.24, 2.45) is 5.84 Å². The number of benzene rings is 2. The van der Waals surface area contributed by atoms with Crippen molar-refractivity contribution in [3.8, 4) is 0 Å². The largest absolute Gasteiger partial charge is 0.271 e. The van der Waals surface area contributed by atoms with Crippen LogP contribution in [0, 0.1) is 19.7 Å². The molecule has 1 unspecified atom stereocenters. The van der Waals surface area contributed by atoms with E-state index in [-0.39, 0.29) is 11.9 Å². The van der Waals surface area contributed by atoms with Gasteiger partial charge in [-0.3, -0.25) is 11.3 Å². The maximum Gasteiger partial charge on any atom is 0.123 e. The van der Waals surface area contributed by atoms with Crippen molar-refractivity contribution >= 4 is 0 Å². The van der Waals surface area contributed by atoms with Crippen LogP contribution in [0.3, 0.4) is 0 Å². The van der Waals surface area contributed by atoms with Crippen LogP contribution in [0.4, 0.5) is 4.39 Å². The summed E-state index contributed by atoms with van der Waals surface area (Å²) in [5.74, 6) is 5.37. The molecule has 0 saturated carbocycles. The Hall–Kier alpha value is -1.71. The summed E-state index contributed by atoms with van der Waals surface area (Å²) in [6, 6.07) is 12.9. The summed E-state index contributed by atoms with van der Waals surface area (Å²) < 4.78 is 13.3. The Labute approximate surface area is 113 Å². The molecule has 0 radical (unpaired) electrons. The highest BCUT2D eigenvalue weighted by atomic mass is 19.1. The molecular formula is C16H19FN2. The minimum Gasteiger partial charge on any atom is -0.271 e. The van der Waals surface area contributed by atoms with Gasteiger partial charge in [0, 0.05) is 0 Å². The maximum absolute atomic E-state index is 13.3. The fraction of sp³-hybridized carbons (Fsp3) is 0.250. The minimum absolute atomic E-state index is 0.0862. The van der Waals surface area contributed by atoms with Gasteiger partial charge in [-0.1, -0.05) is 41.5 Å². The molecule has 2 rings (SSSR count). The lowest BCUT2D eigenvalue weighted by atomic mass is 9.97. The summed E-state index contributed by atoms with van der Waals surface area (Å²) in [7, 11) is 0. The van der Waals surface area contributed by atoms with Gasteiger partial charge in [0.1, 0.15) is 5.82 Å². The molecule has 100 valence electrons. The Balaban J connectivity index is 2.23. The number of nitrogens with one attached hydrogen (secondary N) is 1. The van der Waals surface area contributed by atoms with Gasteiger partial charge in [-0.05, 0) is 43.5 Å². The average molecular weight is 258 g/mol. The van der Waals surface area contributed by atoms with Crippen molar-refractivity contribution in [1.29, 1.82) is 0 Å². The molecule has 3 heteroatoms. The topological polar surface area (TPSA) is 38.0 Å². The molecular weight excluding hydrogens is 239 g/mol. The molecule has 0 aliphatic heterocycles. The molecule has 2 aromatic rings. The molecule has 0 aliphatic carbocycles. The van der Waals surface area contributed by atoms with Gasteiger partial charge in [-0.25, -0.2) is 4.39 Å². The zero-order valence-electron chi connectivity index (χ0n) is 11.3. The smallest absolute Gasteiger partial charge is 0.123 e. The third kappa shape index (κ3) is 3.63. The van der Waals surface area contributed by atoms with E-state index in [1.54, 1.807) is 6.07 Å². The number of aryl methyl sites for hydroxylation is 2. The third-order valence-corrected chi connectivity index (χ3v) is 3.17. The quantitative estimate of drug-likeness (QED) is 0.653. The van der Waals surface area contributed by atoms with E-state index in [0.29, 0.717) is 0 Å². The van der Waals surface area contributed by atoms with Gasteiger partial charge in [0.25, 0.3) is 0 Å². The van der Waals surface area contributed by atoms with Crippen LogP contribution >= 0.6 is 0 Å². The number of halogens is 1. The molecule has 3 N–H and O–H groups in total. The molecule has 0 aromatic heterocycles. The Morgan fingerprint density at radius 3 is 2.37 bits per heavy atom. The number of hydrogen-bond acceptors (Lipinski definition) is 2. The fourth-order valence-electron chi connectivity index (χ4n) is 2.42. The van der Waals surface area contributed by atoms with Crippen molar-refractivity contribution < 1.29 is 4.39 Å². The van der Waals surface area contributed by atoms with E-state index in [1.807, 2.05) is 6.07 Å². The molecule has 0 saturated heterocycles. The van der Waals surface area contributed by atoms with Crippen molar-refractivity contribution in [2.75, 3.05) is 0 Å². The number of nitrogens with two attached hydrogens (primary N) is 1. The van der Waals surface area contributed by atoms with E-state index in [0.717, 1.165) is 12.0 Å². The van der Waals surface area contributed by atoms with Gasteiger partial charge in [0.05, 0.1) is 6.04 Å². The fourth-order valence-corrected chi connectivity index (χ4v) is 2.42. The van der Waals surface area contributed by atoms with E-state index < -0.39 is 0 Å². The molecule has 0 bridgehead atoms. The summed E-state index contributed by atoms with van der Waals surface area (Å²) >= 11 is 0. The van der Waals surface area contributed by atoms with Gasteiger partial charge >= 0.3 is 0 Å². The Morgan fingerprint density at radius 1 is 1.11 bits per heavy atom. The first-order valence-electron chi connectivity index (χ1n) is 6.37. The molecule has 0 fully saturated rings. The second-order valence-corrected chi connectivity index (χ2v) is 4.97. The van der Waals surface area contributed by atoms with Crippen LogP contribution < -0.4 is 11.3 Å². The third-order valence-electron chi connectivity index (χ3n) is 3.17. The zero-order chi connectivity index (χ0) is 13.8. The highest BCUT2D eigenvalue weighted by Crippen LogP contribution is 2.20. The molecule has 2 nitrogen and oxygen atoms in total. The second-order valence-electron chi connectivity index (χ2n) is 4.97. The highest BCUT2D eigenvalue weighted by Gasteiger charge is 2.11. The lowest BCUT2D eigenvalue weighted by molar-refractivity contribution is 0.544. The second kappa shape index (κ2) is 5.95. The first-order chi connectivity index (χ1) is 9.08. The first-order valence-corrected chi connectivity index (χ1v) is 6.37. The molecule has 0 spiro atoms. The lowest BCUT2D eigenvalue weighted by Gasteiger charge is -2.17. The zero-order valence-corrected chi connectivity index (χ0v) is 11.3. The number of rotatable bonds is 4. The van der Waals surface area contributed by atoms with Gasteiger partial charge < -0.3 is 0 Å². The van der Waals surface area contributed by atoms with Crippen LogP contribution in [0.15, 0.2) is 42.5 Å². The van der Waals surface area contributed by atoms with Gasteiger partial charge in [-0.2, -0.15) is 0 Å². The highest BCUT2D eigenvalue weighted by molar-refractivity contribution is 5.31. The Morgan fingerprint density at radius 2 is 1.79 bits per heavy atom. The van der Waals surface area contributed by atoms with E-state index in [4.69, 9.17) is 5.84 Å². The summed E-state index contributed by atoms with van der Waals surface area (Å²) in [6.45, 7) is 4.15. The molecule has 0 amide bonds. The predicted molar refractivity (Wildman–Crippen MR) is 76.1 cm³/mol. The molecule has 0 aliphatic rings. The number of hydrogen-bond donors (Lipinski definition) is 2. The van der Waals surface area contributed by atoms with E-state index >= 15 is 0 Å². The molecule has 2 aromatic carbocycles. The number of hydrazine groups is 1. The van der Waals surface area contributed by atoms with Crippen LogP contribution in [0.1, 0.15) is 28.3 Å². The molecule has 0 heterocycles. The van der Waals surface area contributed by atoms with Crippen molar-refractivity contribution in [3.63, 3.8) is 0 Å². The Bertz CT molecular complexity index is 546. The first kappa shape index (κ1) is 13.7. The summed E-state index contributed by atoms with van der Waals surface area (Å²) in [5.41, 5.74) is 7.28. The normalized spacial score (nSPS) is 12.4. The van der Waals surface area contributed by atoms with Crippen LogP contribution in [0.5, 0.6) is 0 Å². The van der Waals surface area contributed by atoms with E-state index in [1.165, 1.54) is 28.8 Å². The van der Waals surface area contributed by atoms with Crippen LogP contribution in [0.2, 0.25) is 0 Å². The van der Waals surface area contributed by atoms with Crippen LogP contribution in [0.25, 0.3) is 0 Å². The summed E-state index contributed by atoms with van der Waals surface area (Å²) in [6.07, 6.45) is 0.739. The molecule has 1 atom stereocenters. The van der Waals surface area contributed by atoms with E-state index in [9.17, 15) is 4.39 Å². The van der Waals surface area contributed by atoms with Crippen molar-refractivity contribution in [3.05, 3.63) is 70.5 Å². The summed E-state index contributed by atoms with van der Waals surface area (Å²) in [5, 5.41) is 0. The van der Waals surface area contributed by atoms with Crippen molar-refractivity contribution in [1.82, 2.24) is 5.43 Å². The Kier molecular flexibility index (Phi) is 4.30. The van der Waals surface area contributed by atoms with Gasteiger partial charge in [-0.15, -0.1) is 0 Å².